The predicted octanol–water partition coefficient (Wildman–Crippen LogP) is 1.77. The minimum Gasteiger partial charge on any atom is -0.370 e. The SMILES string of the molecule is COC1(C)C=CC(/C=C2\SCCNC2=O)=C(N2CCN(C)CC2)C=C1. The molecule has 0 spiro atoms. The number of allylic oxidation sites excluding steroid dienone is 4. The molecule has 3 rings (SSSR count). The molecule has 1 unspecified atom stereocenters. The van der Waals surface area contributed by atoms with Gasteiger partial charge in [-0.1, -0.05) is 6.08 Å². The fourth-order valence-corrected chi connectivity index (χ4v) is 3.89. The molecule has 0 aromatic rings. The zero-order valence-corrected chi connectivity index (χ0v) is 16.1. The number of nitrogens with zero attached hydrogens (tertiary/aromatic N) is 2. The van der Waals surface area contributed by atoms with Crippen LogP contribution < -0.4 is 5.32 Å². The Morgan fingerprint density at radius 3 is 2.64 bits per heavy atom. The molecule has 2 fully saturated rings. The number of hydrogen-bond donors (Lipinski definition) is 1. The van der Waals surface area contributed by atoms with Crippen LogP contribution in [0, 0.1) is 0 Å². The molecule has 1 atom stereocenters. The standard InChI is InChI=1S/C19H27N3O2S/c1-19(24-3)6-4-15(14-17-18(23)20-8-13-25-17)16(5-7-19)22-11-9-21(2)10-12-22/h4-7,14H,8-13H2,1-3H3,(H,20,23)/b17-14-. The Kier molecular flexibility index (Phi) is 5.71. The Hall–Kier alpha value is -1.50. The van der Waals surface area contributed by atoms with Gasteiger partial charge in [-0.3, -0.25) is 4.79 Å². The number of carbonyl (C=O) groups excluding carboxylic acids is 1. The van der Waals surface area contributed by atoms with Gasteiger partial charge in [0.25, 0.3) is 5.91 Å². The third-order valence-electron chi connectivity index (χ3n) is 4.90. The Bertz CT molecular complexity index is 645. The molecule has 0 radical (unpaired) electrons. The molecule has 2 heterocycles. The molecule has 1 aliphatic carbocycles. The van der Waals surface area contributed by atoms with E-state index >= 15 is 0 Å². The highest BCUT2D eigenvalue weighted by atomic mass is 32.2. The van der Waals surface area contributed by atoms with Crippen LogP contribution in [0.5, 0.6) is 0 Å². The average Bonchev–Trinajstić information content (AvgIpc) is 2.78. The molecule has 5 nitrogen and oxygen atoms in total. The van der Waals surface area contributed by atoms with Gasteiger partial charge in [-0.15, -0.1) is 11.8 Å². The zero-order valence-electron chi connectivity index (χ0n) is 15.2. The van der Waals surface area contributed by atoms with Gasteiger partial charge in [-0.05, 0) is 43.8 Å². The van der Waals surface area contributed by atoms with Gasteiger partial charge in [0, 0.05) is 51.3 Å². The lowest BCUT2D eigenvalue weighted by molar-refractivity contribution is -0.116. The largest absolute Gasteiger partial charge is 0.370 e. The fourth-order valence-electron chi connectivity index (χ4n) is 3.06. The summed E-state index contributed by atoms with van der Waals surface area (Å²) in [5.41, 5.74) is 1.80. The van der Waals surface area contributed by atoms with E-state index in [1.807, 2.05) is 13.0 Å². The quantitative estimate of drug-likeness (QED) is 0.776. The van der Waals surface area contributed by atoms with Crippen molar-refractivity contribution in [2.24, 2.45) is 0 Å². The van der Waals surface area contributed by atoms with Gasteiger partial charge in [-0.2, -0.15) is 0 Å². The first kappa shape index (κ1) is 18.3. The lowest BCUT2D eigenvalue weighted by Crippen LogP contribution is -2.43. The number of likely N-dealkylation sites (N-methyl/N-ethyl adjacent to an activating group) is 1. The Morgan fingerprint density at radius 1 is 1.24 bits per heavy atom. The summed E-state index contributed by atoms with van der Waals surface area (Å²) in [5.74, 6) is 0.946. The van der Waals surface area contributed by atoms with Crippen LogP contribution in [0.3, 0.4) is 0 Å². The highest BCUT2D eigenvalue weighted by Gasteiger charge is 2.24. The number of rotatable bonds is 3. The molecular weight excluding hydrogens is 334 g/mol. The molecule has 2 saturated heterocycles. The Balaban J connectivity index is 1.97. The number of carbonyl (C=O) groups is 1. The van der Waals surface area contributed by atoms with Crippen molar-refractivity contribution in [1.82, 2.24) is 15.1 Å². The lowest BCUT2D eigenvalue weighted by Gasteiger charge is -2.35. The average molecular weight is 362 g/mol. The molecule has 2 aliphatic heterocycles. The second-order valence-electron chi connectivity index (χ2n) is 6.80. The molecule has 0 bridgehead atoms. The number of piperazine rings is 1. The van der Waals surface area contributed by atoms with Crippen molar-refractivity contribution in [3.63, 3.8) is 0 Å². The minimum atomic E-state index is -0.431. The van der Waals surface area contributed by atoms with Crippen molar-refractivity contribution in [2.75, 3.05) is 52.6 Å². The van der Waals surface area contributed by atoms with E-state index < -0.39 is 5.60 Å². The summed E-state index contributed by atoms with van der Waals surface area (Å²) in [7, 11) is 3.88. The second-order valence-corrected chi connectivity index (χ2v) is 7.94. The van der Waals surface area contributed by atoms with Crippen LogP contribution >= 0.6 is 11.8 Å². The summed E-state index contributed by atoms with van der Waals surface area (Å²) < 4.78 is 5.64. The Morgan fingerprint density at radius 2 is 1.96 bits per heavy atom. The van der Waals surface area contributed by atoms with Crippen LogP contribution in [-0.2, 0) is 9.53 Å². The van der Waals surface area contributed by atoms with Gasteiger partial charge < -0.3 is 19.9 Å². The summed E-state index contributed by atoms with van der Waals surface area (Å²) in [6.07, 6.45) is 10.4. The van der Waals surface area contributed by atoms with Crippen molar-refractivity contribution in [3.8, 4) is 0 Å². The third kappa shape index (κ3) is 4.37. The highest BCUT2D eigenvalue weighted by Crippen LogP contribution is 2.28. The first-order valence-electron chi connectivity index (χ1n) is 8.75. The third-order valence-corrected chi connectivity index (χ3v) is 5.92. The zero-order chi connectivity index (χ0) is 17.9. The van der Waals surface area contributed by atoms with E-state index in [0.717, 1.165) is 54.7 Å². The molecule has 25 heavy (non-hydrogen) atoms. The van der Waals surface area contributed by atoms with E-state index in [9.17, 15) is 4.79 Å². The summed E-state index contributed by atoms with van der Waals surface area (Å²) in [4.78, 5) is 17.7. The number of hydrogen-bond acceptors (Lipinski definition) is 5. The van der Waals surface area contributed by atoms with Gasteiger partial charge in [0.1, 0.15) is 5.60 Å². The van der Waals surface area contributed by atoms with Crippen LogP contribution in [0.4, 0.5) is 0 Å². The van der Waals surface area contributed by atoms with E-state index in [2.05, 4.69) is 46.5 Å². The first-order valence-corrected chi connectivity index (χ1v) is 9.73. The molecule has 3 aliphatic rings. The molecular formula is C19H27N3O2S. The first-order chi connectivity index (χ1) is 12.0. The van der Waals surface area contributed by atoms with E-state index in [-0.39, 0.29) is 5.91 Å². The van der Waals surface area contributed by atoms with Crippen LogP contribution in [0.1, 0.15) is 6.92 Å². The maximum absolute atomic E-state index is 12.2. The number of ether oxygens (including phenoxy) is 1. The second kappa shape index (κ2) is 7.81. The van der Waals surface area contributed by atoms with Gasteiger partial charge in [0.05, 0.1) is 4.91 Å². The molecule has 6 heteroatoms. The molecule has 1 amide bonds. The molecule has 0 aromatic heterocycles. The maximum Gasteiger partial charge on any atom is 0.257 e. The van der Waals surface area contributed by atoms with Crippen molar-refractivity contribution in [3.05, 3.63) is 46.6 Å². The lowest BCUT2D eigenvalue weighted by atomic mass is 10.1. The summed E-state index contributed by atoms with van der Waals surface area (Å²) in [6, 6.07) is 0. The number of nitrogens with one attached hydrogen (secondary N) is 1. The summed E-state index contributed by atoms with van der Waals surface area (Å²) >= 11 is 1.63. The van der Waals surface area contributed by atoms with E-state index in [1.54, 1.807) is 18.9 Å². The van der Waals surface area contributed by atoms with Crippen molar-refractivity contribution in [2.45, 2.75) is 12.5 Å². The normalized spacial score (nSPS) is 30.0. The summed E-state index contributed by atoms with van der Waals surface area (Å²) in [6.45, 7) is 6.84. The summed E-state index contributed by atoms with van der Waals surface area (Å²) in [5, 5.41) is 2.93. The van der Waals surface area contributed by atoms with Crippen LogP contribution in [0.15, 0.2) is 46.6 Å². The monoisotopic (exact) mass is 361 g/mol. The molecule has 0 aromatic carbocycles. The van der Waals surface area contributed by atoms with Crippen LogP contribution in [0.25, 0.3) is 0 Å². The van der Waals surface area contributed by atoms with Gasteiger partial charge in [0.2, 0.25) is 0 Å². The Labute approximate surface area is 154 Å². The van der Waals surface area contributed by atoms with E-state index in [1.165, 1.54) is 0 Å². The van der Waals surface area contributed by atoms with E-state index in [0.29, 0.717) is 0 Å². The smallest absolute Gasteiger partial charge is 0.257 e. The molecule has 1 N–H and O–H groups in total. The highest BCUT2D eigenvalue weighted by molar-refractivity contribution is 8.04. The molecule has 136 valence electrons. The van der Waals surface area contributed by atoms with Gasteiger partial charge in [-0.25, -0.2) is 0 Å². The van der Waals surface area contributed by atoms with Crippen LogP contribution in [-0.4, -0.2) is 73.9 Å². The minimum absolute atomic E-state index is 0.0256. The topological polar surface area (TPSA) is 44.8 Å². The van der Waals surface area contributed by atoms with Crippen molar-refractivity contribution in [1.29, 1.82) is 0 Å². The van der Waals surface area contributed by atoms with Crippen molar-refractivity contribution < 1.29 is 9.53 Å². The van der Waals surface area contributed by atoms with Crippen LogP contribution in [0.2, 0.25) is 0 Å². The van der Waals surface area contributed by atoms with E-state index in [4.69, 9.17) is 4.74 Å². The van der Waals surface area contributed by atoms with Crippen molar-refractivity contribution >= 4 is 17.7 Å². The number of amides is 1. The number of thioether (sulfide) groups is 1. The van der Waals surface area contributed by atoms with Gasteiger partial charge in [0.15, 0.2) is 0 Å². The van der Waals surface area contributed by atoms with Gasteiger partial charge >= 0.3 is 0 Å². The number of methoxy groups -OCH3 is 1. The maximum atomic E-state index is 12.2. The predicted molar refractivity (Wildman–Crippen MR) is 103 cm³/mol. The molecule has 0 saturated carbocycles. The fraction of sp³-hybridized carbons (Fsp3) is 0.526.